The number of aryl methyl sites for hydroxylation is 1. The Kier molecular flexibility index (Phi) is 4.77. The number of rotatable bonds is 6. The summed E-state index contributed by atoms with van der Waals surface area (Å²) in [5.41, 5.74) is 0.869. The first-order chi connectivity index (χ1) is 10.1. The molecule has 0 heterocycles. The van der Waals surface area contributed by atoms with Crippen LogP contribution in [0.3, 0.4) is 0 Å². The van der Waals surface area contributed by atoms with Crippen molar-refractivity contribution in [1.82, 2.24) is 0 Å². The lowest BCUT2D eigenvalue weighted by Gasteiger charge is -2.12. The van der Waals surface area contributed by atoms with Crippen molar-refractivity contribution >= 4 is 5.97 Å². The van der Waals surface area contributed by atoms with Gasteiger partial charge in [0.2, 0.25) is 0 Å². The zero-order chi connectivity index (χ0) is 15.2. The van der Waals surface area contributed by atoms with E-state index in [0.717, 1.165) is 5.56 Å². The average molecular weight is 290 g/mol. The predicted molar refractivity (Wildman–Crippen MR) is 75.5 cm³/mol. The van der Waals surface area contributed by atoms with Gasteiger partial charge in [-0.2, -0.15) is 0 Å². The highest BCUT2D eigenvalue weighted by Gasteiger charge is 2.13. The number of carboxylic acid groups (broad SMARTS) is 1. The largest absolute Gasteiger partial charge is 0.490 e. The summed E-state index contributed by atoms with van der Waals surface area (Å²) in [7, 11) is 0. The van der Waals surface area contributed by atoms with Crippen LogP contribution in [0, 0.1) is 12.7 Å². The van der Waals surface area contributed by atoms with Crippen LogP contribution in [-0.2, 0) is 0 Å². The van der Waals surface area contributed by atoms with E-state index in [4.69, 9.17) is 14.6 Å². The van der Waals surface area contributed by atoms with Gasteiger partial charge in [-0.05, 0) is 42.8 Å². The van der Waals surface area contributed by atoms with Crippen molar-refractivity contribution in [2.45, 2.75) is 6.92 Å². The van der Waals surface area contributed by atoms with Crippen molar-refractivity contribution in [2.24, 2.45) is 0 Å². The van der Waals surface area contributed by atoms with E-state index in [1.165, 1.54) is 30.3 Å². The third-order valence-corrected chi connectivity index (χ3v) is 2.85. The van der Waals surface area contributed by atoms with E-state index >= 15 is 0 Å². The van der Waals surface area contributed by atoms with Crippen LogP contribution in [0.15, 0.2) is 42.5 Å². The molecule has 0 fully saturated rings. The van der Waals surface area contributed by atoms with Crippen LogP contribution >= 0.6 is 0 Å². The van der Waals surface area contributed by atoms with Gasteiger partial charge in [0.05, 0.1) is 0 Å². The minimum absolute atomic E-state index is 0.122. The zero-order valence-electron chi connectivity index (χ0n) is 11.5. The lowest BCUT2D eigenvalue weighted by molar-refractivity contribution is 0.0691. The number of carbonyl (C=O) groups is 1. The Morgan fingerprint density at radius 3 is 2.43 bits per heavy atom. The molecule has 0 atom stereocenters. The van der Waals surface area contributed by atoms with Gasteiger partial charge in [-0.1, -0.05) is 12.1 Å². The van der Waals surface area contributed by atoms with Gasteiger partial charge >= 0.3 is 5.97 Å². The van der Waals surface area contributed by atoms with E-state index in [1.807, 2.05) is 0 Å². The molecule has 0 aliphatic rings. The van der Waals surface area contributed by atoms with Crippen molar-refractivity contribution < 1.29 is 23.8 Å². The van der Waals surface area contributed by atoms with E-state index in [9.17, 15) is 9.18 Å². The van der Waals surface area contributed by atoms with Crippen LogP contribution in [0.2, 0.25) is 0 Å². The number of para-hydroxylation sites is 1. The van der Waals surface area contributed by atoms with Crippen molar-refractivity contribution in [3.05, 3.63) is 59.4 Å². The topological polar surface area (TPSA) is 55.8 Å². The number of halogens is 1. The van der Waals surface area contributed by atoms with Crippen LogP contribution in [0.4, 0.5) is 4.39 Å². The normalized spacial score (nSPS) is 10.2. The van der Waals surface area contributed by atoms with E-state index in [1.54, 1.807) is 19.1 Å². The molecule has 110 valence electrons. The summed E-state index contributed by atoms with van der Waals surface area (Å²) in [5, 5.41) is 9.10. The summed E-state index contributed by atoms with van der Waals surface area (Å²) in [6.45, 7) is 2.21. The van der Waals surface area contributed by atoms with Gasteiger partial charge in [0.25, 0.3) is 0 Å². The first-order valence-corrected chi connectivity index (χ1v) is 6.42. The second-order valence-electron chi connectivity index (χ2n) is 4.41. The number of ether oxygens (including phenoxy) is 2. The SMILES string of the molecule is Cc1cccc(C(=O)O)c1OCCOc1ccc(F)cc1. The van der Waals surface area contributed by atoms with Crippen molar-refractivity contribution in [1.29, 1.82) is 0 Å². The Morgan fingerprint density at radius 2 is 1.76 bits per heavy atom. The van der Waals surface area contributed by atoms with Crippen LogP contribution in [0.1, 0.15) is 15.9 Å². The molecule has 2 aromatic rings. The Bertz CT molecular complexity index is 623. The smallest absolute Gasteiger partial charge is 0.339 e. The molecule has 1 N–H and O–H groups in total. The third kappa shape index (κ3) is 3.95. The van der Waals surface area contributed by atoms with E-state index in [-0.39, 0.29) is 24.6 Å². The molecule has 2 rings (SSSR count). The van der Waals surface area contributed by atoms with Gasteiger partial charge in [-0.25, -0.2) is 9.18 Å². The number of hydrogen-bond donors (Lipinski definition) is 1. The van der Waals surface area contributed by atoms with E-state index < -0.39 is 5.97 Å². The second kappa shape index (κ2) is 6.74. The van der Waals surface area contributed by atoms with Crippen molar-refractivity contribution in [2.75, 3.05) is 13.2 Å². The summed E-state index contributed by atoms with van der Waals surface area (Å²) in [4.78, 5) is 11.1. The lowest BCUT2D eigenvalue weighted by Crippen LogP contribution is -2.12. The van der Waals surface area contributed by atoms with Gasteiger partial charge in [0.1, 0.15) is 36.1 Å². The second-order valence-corrected chi connectivity index (χ2v) is 4.41. The first-order valence-electron chi connectivity index (χ1n) is 6.42. The van der Waals surface area contributed by atoms with Gasteiger partial charge in [0, 0.05) is 0 Å². The third-order valence-electron chi connectivity index (χ3n) is 2.85. The van der Waals surface area contributed by atoms with Crippen LogP contribution < -0.4 is 9.47 Å². The molecule has 2 aromatic carbocycles. The van der Waals surface area contributed by atoms with Crippen LogP contribution in [0.5, 0.6) is 11.5 Å². The molecule has 0 aliphatic carbocycles. The zero-order valence-corrected chi connectivity index (χ0v) is 11.5. The molecular formula is C16H15FO4. The lowest BCUT2D eigenvalue weighted by atomic mass is 10.1. The number of carboxylic acids is 1. The maximum Gasteiger partial charge on any atom is 0.339 e. The number of hydrogen-bond acceptors (Lipinski definition) is 3. The molecule has 21 heavy (non-hydrogen) atoms. The molecule has 0 aromatic heterocycles. The predicted octanol–water partition coefficient (Wildman–Crippen LogP) is 3.29. The highest BCUT2D eigenvalue weighted by molar-refractivity contribution is 5.91. The van der Waals surface area contributed by atoms with E-state index in [0.29, 0.717) is 11.5 Å². The maximum absolute atomic E-state index is 12.7. The minimum Gasteiger partial charge on any atom is -0.490 e. The van der Waals surface area contributed by atoms with Crippen molar-refractivity contribution in [3.63, 3.8) is 0 Å². The highest BCUT2D eigenvalue weighted by atomic mass is 19.1. The quantitative estimate of drug-likeness (QED) is 0.829. The number of aromatic carboxylic acids is 1. The van der Waals surface area contributed by atoms with E-state index in [2.05, 4.69) is 0 Å². The maximum atomic E-state index is 12.7. The molecule has 0 radical (unpaired) electrons. The molecular weight excluding hydrogens is 275 g/mol. The Labute approximate surface area is 121 Å². The monoisotopic (exact) mass is 290 g/mol. The fraction of sp³-hybridized carbons (Fsp3) is 0.188. The minimum atomic E-state index is -1.03. The summed E-state index contributed by atoms with van der Waals surface area (Å²) in [5.74, 6) is -0.492. The molecule has 0 saturated carbocycles. The standard InChI is InChI=1S/C16H15FO4/c1-11-3-2-4-14(16(18)19)15(11)21-10-9-20-13-7-5-12(17)6-8-13/h2-8H,9-10H2,1H3,(H,18,19). The number of benzene rings is 2. The molecule has 0 amide bonds. The average Bonchev–Trinajstić information content (AvgIpc) is 2.46. The Balaban J connectivity index is 1.92. The summed E-state index contributed by atoms with van der Waals surface area (Å²) in [6.07, 6.45) is 0. The van der Waals surface area contributed by atoms with Gasteiger partial charge in [-0.3, -0.25) is 0 Å². The molecule has 4 nitrogen and oxygen atoms in total. The van der Waals surface area contributed by atoms with Crippen molar-refractivity contribution in [3.8, 4) is 11.5 Å². The fourth-order valence-corrected chi connectivity index (χ4v) is 1.85. The first kappa shape index (κ1) is 14.8. The fourth-order valence-electron chi connectivity index (χ4n) is 1.85. The van der Waals surface area contributed by atoms with Crippen LogP contribution in [0.25, 0.3) is 0 Å². The Hall–Kier alpha value is -2.56. The van der Waals surface area contributed by atoms with Gasteiger partial charge in [-0.15, -0.1) is 0 Å². The summed E-state index contributed by atoms with van der Waals surface area (Å²) in [6, 6.07) is 10.6. The molecule has 5 heteroatoms. The molecule has 0 aliphatic heterocycles. The summed E-state index contributed by atoms with van der Waals surface area (Å²) >= 11 is 0. The van der Waals surface area contributed by atoms with Crippen LogP contribution in [-0.4, -0.2) is 24.3 Å². The highest BCUT2D eigenvalue weighted by Crippen LogP contribution is 2.23. The Morgan fingerprint density at radius 1 is 1.10 bits per heavy atom. The molecule has 0 saturated heterocycles. The molecule has 0 unspecified atom stereocenters. The van der Waals surface area contributed by atoms with Gasteiger partial charge < -0.3 is 14.6 Å². The molecule has 0 bridgehead atoms. The van der Waals surface area contributed by atoms with Gasteiger partial charge in [0.15, 0.2) is 0 Å². The summed E-state index contributed by atoms with van der Waals surface area (Å²) < 4.78 is 23.6. The molecule has 0 spiro atoms.